The van der Waals surface area contributed by atoms with Gasteiger partial charge in [-0.05, 0) is 63.6 Å². The number of benzene rings is 1. The van der Waals surface area contributed by atoms with Gasteiger partial charge in [-0.1, -0.05) is 30.3 Å². The van der Waals surface area contributed by atoms with Crippen LogP contribution in [-0.2, 0) is 17.8 Å². The number of aromatic nitrogens is 3. The molecular formula is C23H33N5O. The van der Waals surface area contributed by atoms with E-state index in [2.05, 4.69) is 61.8 Å². The van der Waals surface area contributed by atoms with Crippen molar-refractivity contribution in [3.8, 4) is 0 Å². The first-order chi connectivity index (χ1) is 14.2. The monoisotopic (exact) mass is 395 g/mol. The van der Waals surface area contributed by atoms with Gasteiger partial charge in [0.2, 0.25) is 5.91 Å². The van der Waals surface area contributed by atoms with Gasteiger partial charge in [-0.15, -0.1) is 10.2 Å². The van der Waals surface area contributed by atoms with Gasteiger partial charge in [0, 0.05) is 25.6 Å². The van der Waals surface area contributed by atoms with Gasteiger partial charge in [-0.2, -0.15) is 0 Å². The van der Waals surface area contributed by atoms with E-state index in [4.69, 9.17) is 0 Å². The molecule has 29 heavy (non-hydrogen) atoms. The number of carbonyl (C=O) groups excluding carboxylic acids is 1. The minimum Gasteiger partial charge on any atom is -0.342 e. The van der Waals surface area contributed by atoms with Crippen LogP contribution >= 0.6 is 0 Å². The maximum absolute atomic E-state index is 12.8. The molecule has 0 radical (unpaired) electrons. The predicted octanol–water partition coefficient (Wildman–Crippen LogP) is 2.96. The van der Waals surface area contributed by atoms with Gasteiger partial charge in [0.05, 0.1) is 6.54 Å². The van der Waals surface area contributed by atoms with Crippen LogP contribution in [-0.4, -0.2) is 63.2 Å². The van der Waals surface area contributed by atoms with E-state index < -0.39 is 0 Å². The molecule has 2 aliphatic heterocycles. The summed E-state index contributed by atoms with van der Waals surface area (Å²) >= 11 is 0. The lowest BCUT2D eigenvalue weighted by Gasteiger charge is -2.35. The molecule has 0 saturated carbocycles. The van der Waals surface area contributed by atoms with Crippen molar-refractivity contribution < 1.29 is 4.79 Å². The van der Waals surface area contributed by atoms with Crippen molar-refractivity contribution in [2.45, 2.75) is 51.5 Å². The average molecular weight is 396 g/mol. The Hall–Kier alpha value is -2.21. The van der Waals surface area contributed by atoms with Crippen LogP contribution in [0.25, 0.3) is 0 Å². The largest absolute Gasteiger partial charge is 0.342 e. The SMILES string of the molecule is CCn1cnnc1C1CCN(CC(=O)N2CCC(Cc3ccccc3)CC2)CC1. The second-order valence-corrected chi connectivity index (χ2v) is 8.54. The van der Waals surface area contributed by atoms with Gasteiger partial charge in [0.1, 0.15) is 12.2 Å². The second-order valence-electron chi connectivity index (χ2n) is 8.54. The molecule has 156 valence electrons. The van der Waals surface area contributed by atoms with Crippen molar-refractivity contribution >= 4 is 5.91 Å². The highest BCUT2D eigenvalue weighted by molar-refractivity contribution is 5.78. The summed E-state index contributed by atoms with van der Waals surface area (Å²) in [7, 11) is 0. The molecule has 0 unspecified atom stereocenters. The molecule has 0 spiro atoms. The fraction of sp³-hybridized carbons (Fsp3) is 0.609. The number of amides is 1. The van der Waals surface area contributed by atoms with E-state index in [9.17, 15) is 4.79 Å². The maximum atomic E-state index is 12.8. The maximum Gasteiger partial charge on any atom is 0.236 e. The van der Waals surface area contributed by atoms with Crippen LogP contribution in [0.3, 0.4) is 0 Å². The summed E-state index contributed by atoms with van der Waals surface area (Å²) in [6.45, 7) is 7.37. The van der Waals surface area contributed by atoms with E-state index in [0.29, 0.717) is 24.3 Å². The third-order valence-corrected chi connectivity index (χ3v) is 6.63. The summed E-state index contributed by atoms with van der Waals surface area (Å²) in [6, 6.07) is 10.7. The van der Waals surface area contributed by atoms with Crippen LogP contribution < -0.4 is 0 Å². The number of rotatable bonds is 6. The first kappa shape index (κ1) is 20.1. The van der Waals surface area contributed by atoms with Crippen molar-refractivity contribution in [1.29, 1.82) is 0 Å². The van der Waals surface area contributed by atoms with Crippen molar-refractivity contribution in [2.75, 3.05) is 32.7 Å². The Morgan fingerprint density at radius 2 is 1.76 bits per heavy atom. The fourth-order valence-corrected chi connectivity index (χ4v) is 4.80. The minimum absolute atomic E-state index is 0.304. The van der Waals surface area contributed by atoms with E-state index >= 15 is 0 Å². The van der Waals surface area contributed by atoms with Gasteiger partial charge >= 0.3 is 0 Å². The second kappa shape index (κ2) is 9.53. The van der Waals surface area contributed by atoms with Crippen LogP contribution in [0.5, 0.6) is 0 Å². The molecule has 2 fully saturated rings. The average Bonchev–Trinajstić information content (AvgIpc) is 3.24. The predicted molar refractivity (Wildman–Crippen MR) is 114 cm³/mol. The van der Waals surface area contributed by atoms with E-state index in [1.165, 1.54) is 5.56 Å². The minimum atomic E-state index is 0.304. The molecule has 1 aromatic heterocycles. The van der Waals surface area contributed by atoms with Crippen LogP contribution in [0.2, 0.25) is 0 Å². The molecule has 6 nitrogen and oxygen atoms in total. The highest BCUT2D eigenvalue weighted by Crippen LogP contribution is 2.27. The van der Waals surface area contributed by atoms with E-state index in [1.807, 2.05) is 6.33 Å². The standard InChI is InChI=1S/C23H33N5O/c1-2-27-18-24-25-23(27)21-10-12-26(13-11-21)17-22(29)28-14-8-20(9-15-28)16-19-6-4-3-5-7-19/h3-7,18,20-21H,2,8-17H2,1H3. The summed E-state index contributed by atoms with van der Waals surface area (Å²) < 4.78 is 2.14. The van der Waals surface area contributed by atoms with Crippen LogP contribution in [0, 0.1) is 5.92 Å². The zero-order valence-corrected chi connectivity index (χ0v) is 17.5. The van der Waals surface area contributed by atoms with Gasteiger partial charge in [-0.3, -0.25) is 9.69 Å². The number of likely N-dealkylation sites (tertiary alicyclic amines) is 2. The third kappa shape index (κ3) is 5.04. The molecule has 0 aliphatic carbocycles. The van der Waals surface area contributed by atoms with Gasteiger partial charge < -0.3 is 9.47 Å². The summed E-state index contributed by atoms with van der Waals surface area (Å²) in [4.78, 5) is 17.2. The van der Waals surface area contributed by atoms with Gasteiger partial charge in [0.15, 0.2) is 0 Å². The van der Waals surface area contributed by atoms with Crippen molar-refractivity contribution in [1.82, 2.24) is 24.6 Å². The third-order valence-electron chi connectivity index (χ3n) is 6.63. The highest BCUT2D eigenvalue weighted by Gasteiger charge is 2.28. The molecule has 0 atom stereocenters. The lowest BCUT2D eigenvalue weighted by molar-refractivity contribution is -0.134. The lowest BCUT2D eigenvalue weighted by Crippen LogP contribution is -2.46. The number of aryl methyl sites for hydroxylation is 1. The molecule has 1 amide bonds. The Labute approximate surface area is 173 Å². The zero-order valence-electron chi connectivity index (χ0n) is 17.5. The molecule has 0 bridgehead atoms. The first-order valence-corrected chi connectivity index (χ1v) is 11.1. The molecular weight excluding hydrogens is 362 g/mol. The van der Waals surface area contributed by atoms with Gasteiger partial charge in [0.25, 0.3) is 0 Å². The molecule has 2 saturated heterocycles. The van der Waals surface area contributed by atoms with Gasteiger partial charge in [-0.25, -0.2) is 0 Å². The van der Waals surface area contributed by atoms with Crippen LogP contribution in [0.15, 0.2) is 36.7 Å². The first-order valence-electron chi connectivity index (χ1n) is 11.1. The fourth-order valence-electron chi connectivity index (χ4n) is 4.80. The molecule has 1 aromatic carbocycles. The van der Waals surface area contributed by atoms with E-state index in [0.717, 1.165) is 70.7 Å². The lowest BCUT2D eigenvalue weighted by atomic mass is 9.90. The van der Waals surface area contributed by atoms with E-state index in [1.54, 1.807) is 0 Å². The van der Waals surface area contributed by atoms with Crippen molar-refractivity contribution in [3.63, 3.8) is 0 Å². The number of hydrogen-bond donors (Lipinski definition) is 0. The smallest absolute Gasteiger partial charge is 0.236 e. The Kier molecular flexibility index (Phi) is 6.60. The topological polar surface area (TPSA) is 54.3 Å². The van der Waals surface area contributed by atoms with E-state index in [-0.39, 0.29) is 0 Å². The summed E-state index contributed by atoms with van der Waals surface area (Å²) in [5, 5.41) is 8.39. The summed E-state index contributed by atoms with van der Waals surface area (Å²) in [5.74, 6) is 2.59. The number of nitrogens with zero attached hydrogens (tertiary/aromatic N) is 5. The number of hydrogen-bond acceptors (Lipinski definition) is 4. The molecule has 0 N–H and O–H groups in total. The van der Waals surface area contributed by atoms with Crippen molar-refractivity contribution in [2.24, 2.45) is 5.92 Å². The summed E-state index contributed by atoms with van der Waals surface area (Å²) in [6.07, 6.45) is 7.33. The van der Waals surface area contributed by atoms with Crippen LogP contribution in [0.1, 0.15) is 49.9 Å². The Morgan fingerprint density at radius 3 is 2.45 bits per heavy atom. The highest BCUT2D eigenvalue weighted by atomic mass is 16.2. The molecule has 4 rings (SSSR count). The Bertz CT molecular complexity index is 774. The normalized spacial score (nSPS) is 19.6. The van der Waals surface area contributed by atoms with Crippen molar-refractivity contribution in [3.05, 3.63) is 48.0 Å². The number of piperidine rings is 2. The van der Waals surface area contributed by atoms with Crippen LogP contribution in [0.4, 0.5) is 0 Å². The Balaban J connectivity index is 1.20. The molecule has 6 heteroatoms. The molecule has 3 heterocycles. The number of carbonyl (C=O) groups is 1. The molecule has 2 aromatic rings. The zero-order chi connectivity index (χ0) is 20.1. The quantitative estimate of drug-likeness (QED) is 0.755. The molecule has 2 aliphatic rings. The Morgan fingerprint density at radius 1 is 1.03 bits per heavy atom. The summed E-state index contributed by atoms with van der Waals surface area (Å²) in [5.41, 5.74) is 1.42.